The summed E-state index contributed by atoms with van der Waals surface area (Å²) in [7, 11) is 0. The van der Waals surface area contributed by atoms with Crippen molar-refractivity contribution in [3.05, 3.63) is 82.9 Å². The quantitative estimate of drug-likeness (QED) is 0.456. The molecule has 0 unspecified atom stereocenters. The molecule has 0 saturated carbocycles. The molecule has 1 N–H and O–H groups in total. The van der Waals surface area contributed by atoms with Gasteiger partial charge in [0.1, 0.15) is 23.2 Å². The van der Waals surface area contributed by atoms with Crippen LogP contribution in [0.4, 0.5) is 10.1 Å². The summed E-state index contributed by atoms with van der Waals surface area (Å²) in [5, 5.41) is 12.2. The fourth-order valence-electron chi connectivity index (χ4n) is 3.22. The Kier molecular flexibility index (Phi) is 6.33. The van der Waals surface area contributed by atoms with Crippen molar-refractivity contribution in [1.82, 2.24) is 4.57 Å². The summed E-state index contributed by atoms with van der Waals surface area (Å²) in [5.74, 6) is -0.0907. The molecule has 0 spiro atoms. The fourth-order valence-corrected chi connectivity index (χ4v) is 3.22. The molecule has 1 heterocycles. The Labute approximate surface area is 175 Å². The highest BCUT2D eigenvalue weighted by Gasteiger charge is 2.14. The van der Waals surface area contributed by atoms with Gasteiger partial charge in [0.2, 0.25) is 0 Å². The monoisotopic (exact) mass is 403 g/mol. The number of carbonyl (C=O) groups excluding carboxylic acids is 1. The van der Waals surface area contributed by atoms with E-state index in [-0.39, 0.29) is 11.4 Å². The van der Waals surface area contributed by atoms with Gasteiger partial charge in [-0.05, 0) is 87.0 Å². The van der Waals surface area contributed by atoms with Crippen LogP contribution in [-0.2, 0) is 4.79 Å². The van der Waals surface area contributed by atoms with Gasteiger partial charge in [-0.2, -0.15) is 5.26 Å². The highest BCUT2D eigenvalue weighted by molar-refractivity contribution is 6.09. The maximum absolute atomic E-state index is 13.2. The molecule has 2 aromatic carbocycles. The number of rotatable bonds is 6. The summed E-state index contributed by atoms with van der Waals surface area (Å²) >= 11 is 0. The molecule has 0 atom stereocenters. The lowest BCUT2D eigenvalue weighted by molar-refractivity contribution is -0.112. The van der Waals surface area contributed by atoms with Gasteiger partial charge in [-0.25, -0.2) is 4.39 Å². The number of hydrogen-bond acceptors (Lipinski definition) is 3. The van der Waals surface area contributed by atoms with Gasteiger partial charge in [-0.3, -0.25) is 4.79 Å². The molecule has 0 bridgehead atoms. The number of hydrogen-bond donors (Lipinski definition) is 1. The Hall–Kier alpha value is -3.85. The molecule has 0 saturated heterocycles. The topological polar surface area (TPSA) is 67.0 Å². The third kappa shape index (κ3) is 4.58. The molecule has 30 heavy (non-hydrogen) atoms. The van der Waals surface area contributed by atoms with Gasteiger partial charge in [0.25, 0.3) is 5.91 Å². The first-order valence-corrected chi connectivity index (χ1v) is 9.53. The van der Waals surface area contributed by atoms with Crippen molar-refractivity contribution in [1.29, 1.82) is 5.26 Å². The Morgan fingerprint density at radius 1 is 1.17 bits per heavy atom. The van der Waals surface area contributed by atoms with Gasteiger partial charge in [0, 0.05) is 22.8 Å². The van der Waals surface area contributed by atoms with Crippen molar-refractivity contribution in [2.24, 2.45) is 0 Å². The maximum Gasteiger partial charge on any atom is 0.266 e. The second-order valence-electron chi connectivity index (χ2n) is 6.72. The third-order valence-electron chi connectivity index (χ3n) is 4.64. The minimum absolute atomic E-state index is 0.0109. The number of ether oxygens (including phenoxy) is 1. The minimum atomic E-state index is -0.492. The number of amides is 1. The largest absolute Gasteiger partial charge is 0.494 e. The van der Waals surface area contributed by atoms with Crippen LogP contribution in [0, 0.1) is 31.0 Å². The van der Waals surface area contributed by atoms with Crippen LogP contribution < -0.4 is 10.1 Å². The first-order valence-electron chi connectivity index (χ1n) is 9.53. The molecule has 0 aliphatic heterocycles. The second kappa shape index (κ2) is 9.10. The Bertz CT molecular complexity index is 1120. The van der Waals surface area contributed by atoms with E-state index in [2.05, 4.69) is 5.32 Å². The average Bonchev–Trinajstić information content (AvgIpc) is 3.01. The van der Waals surface area contributed by atoms with Crippen LogP contribution in [0.25, 0.3) is 11.8 Å². The average molecular weight is 403 g/mol. The van der Waals surface area contributed by atoms with Gasteiger partial charge in [0.05, 0.1) is 6.61 Å². The molecule has 3 aromatic rings. The van der Waals surface area contributed by atoms with E-state index in [1.807, 2.05) is 37.5 Å². The fraction of sp³-hybridized carbons (Fsp3) is 0.167. The zero-order valence-corrected chi connectivity index (χ0v) is 17.1. The Balaban J connectivity index is 1.85. The summed E-state index contributed by atoms with van der Waals surface area (Å²) in [5.41, 5.74) is 3.87. The van der Waals surface area contributed by atoms with Gasteiger partial charge in [-0.15, -0.1) is 0 Å². The summed E-state index contributed by atoms with van der Waals surface area (Å²) in [6.07, 6.45) is 1.56. The van der Waals surface area contributed by atoms with Crippen LogP contribution in [0.15, 0.2) is 60.2 Å². The van der Waals surface area contributed by atoms with Crippen LogP contribution in [0.2, 0.25) is 0 Å². The molecular formula is C24H22FN3O2. The summed E-state index contributed by atoms with van der Waals surface area (Å²) in [4.78, 5) is 12.6. The molecule has 6 heteroatoms. The van der Waals surface area contributed by atoms with E-state index in [1.54, 1.807) is 42.5 Å². The van der Waals surface area contributed by atoms with E-state index in [1.165, 1.54) is 12.1 Å². The molecule has 3 rings (SSSR count). The Morgan fingerprint density at radius 3 is 2.43 bits per heavy atom. The maximum atomic E-state index is 13.2. The van der Waals surface area contributed by atoms with Crippen LogP contribution in [0.3, 0.4) is 0 Å². The van der Waals surface area contributed by atoms with Crippen LogP contribution in [0.1, 0.15) is 23.9 Å². The van der Waals surface area contributed by atoms with E-state index in [0.29, 0.717) is 18.0 Å². The first-order chi connectivity index (χ1) is 14.4. The minimum Gasteiger partial charge on any atom is -0.494 e. The lowest BCUT2D eigenvalue weighted by atomic mass is 10.1. The van der Waals surface area contributed by atoms with Gasteiger partial charge in [0.15, 0.2) is 0 Å². The number of benzene rings is 2. The molecule has 1 amide bonds. The number of halogens is 1. The van der Waals surface area contributed by atoms with Crippen LogP contribution in [-0.4, -0.2) is 17.1 Å². The Morgan fingerprint density at radius 2 is 1.83 bits per heavy atom. The number of nitriles is 1. The van der Waals surface area contributed by atoms with Crippen molar-refractivity contribution in [2.75, 3.05) is 11.9 Å². The molecule has 0 aliphatic rings. The van der Waals surface area contributed by atoms with E-state index >= 15 is 0 Å². The van der Waals surface area contributed by atoms with Crippen molar-refractivity contribution in [2.45, 2.75) is 20.8 Å². The predicted octanol–water partition coefficient (Wildman–Crippen LogP) is 5.18. The molecule has 5 nitrogen and oxygen atoms in total. The number of nitrogens with zero attached hydrogens (tertiary/aromatic N) is 2. The van der Waals surface area contributed by atoms with Gasteiger partial charge < -0.3 is 14.6 Å². The molecule has 152 valence electrons. The van der Waals surface area contributed by atoms with E-state index in [4.69, 9.17) is 4.74 Å². The molecular weight excluding hydrogens is 381 g/mol. The van der Waals surface area contributed by atoms with Crippen molar-refractivity contribution in [3.8, 4) is 17.5 Å². The van der Waals surface area contributed by atoms with Crippen LogP contribution in [0.5, 0.6) is 5.75 Å². The zero-order chi connectivity index (χ0) is 21.7. The van der Waals surface area contributed by atoms with Crippen LogP contribution >= 0.6 is 0 Å². The van der Waals surface area contributed by atoms with Crippen molar-refractivity contribution in [3.63, 3.8) is 0 Å². The van der Waals surface area contributed by atoms with Gasteiger partial charge >= 0.3 is 0 Å². The molecule has 0 aliphatic carbocycles. The number of carbonyl (C=O) groups is 1. The highest BCUT2D eigenvalue weighted by Crippen LogP contribution is 2.23. The number of nitrogens with one attached hydrogen (secondary N) is 1. The smallest absolute Gasteiger partial charge is 0.266 e. The van der Waals surface area contributed by atoms with Gasteiger partial charge in [-0.1, -0.05) is 0 Å². The first kappa shape index (κ1) is 20.9. The highest BCUT2D eigenvalue weighted by atomic mass is 19.1. The van der Waals surface area contributed by atoms with E-state index in [0.717, 1.165) is 22.6 Å². The van der Waals surface area contributed by atoms with Crippen molar-refractivity contribution < 1.29 is 13.9 Å². The number of aromatic nitrogens is 1. The standard InChI is InChI=1S/C24H22FN3O2/c1-4-30-23-11-7-21(8-12-23)27-24(29)19(15-26)14-18-13-16(2)28(17(18)3)22-9-5-20(25)6-10-22/h5-14H,4H2,1-3H3,(H,27,29)/b19-14-. The summed E-state index contributed by atoms with van der Waals surface area (Å²) < 4.78 is 20.6. The van der Waals surface area contributed by atoms with E-state index in [9.17, 15) is 14.4 Å². The molecule has 1 aromatic heterocycles. The lowest BCUT2D eigenvalue weighted by Gasteiger charge is -2.09. The SMILES string of the molecule is CCOc1ccc(NC(=O)/C(C#N)=C\c2cc(C)n(-c3ccc(F)cc3)c2C)cc1. The van der Waals surface area contributed by atoms with E-state index < -0.39 is 5.91 Å². The second-order valence-corrected chi connectivity index (χ2v) is 6.72. The summed E-state index contributed by atoms with van der Waals surface area (Å²) in [6, 6.07) is 17.0. The molecule has 0 radical (unpaired) electrons. The summed E-state index contributed by atoms with van der Waals surface area (Å²) in [6.45, 7) is 6.26. The predicted molar refractivity (Wildman–Crippen MR) is 115 cm³/mol. The number of anilines is 1. The lowest BCUT2D eigenvalue weighted by Crippen LogP contribution is -2.13. The molecule has 0 fully saturated rings. The van der Waals surface area contributed by atoms with Crippen molar-refractivity contribution >= 4 is 17.7 Å². The normalized spacial score (nSPS) is 11.1. The number of aryl methyl sites for hydroxylation is 1. The third-order valence-corrected chi connectivity index (χ3v) is 4.64. The zero-order valence-electron chi connectivity index (χ0n) is 17.1.